The van der Waals surface area contributed by atoms with Gasteiger partial charge in [0.05, 0.1) is 13.2 Å². The lowest BCUT2D eigenvalue weighted by molar-refractivity contribution is 0.110. The number of phosphoric ester groups is 1. The van der Waals surface area contributed by atoms with Crippen LogP contribution in [0.5, 0.6) is 0 Å². The molecule has 0 rings (SSSR count). The van der Waals surface area contributed by atoms with Crippen molar-refractivity contribution in [2.75, 3.05) is 13.2 Å². The van der Waals surface area contributed by atoms with E-state index in [9.17, 15) is 9.46 Å². The fourth-order valence-corrected chi connectivity index (χ4v) is 5.08. The molecule has 0 fully saturated rings. The van der Waals surface area contributed by atoms with Gasteiger partial charge in [0.2, 0.25) is 0 Å². The summed E-state index contributed by atoms with van der Waals surface area (Å²) in [5.74, 6) is 1.55. The highest BCUT2D eigenvalue weighted by molar-refractivity contribution is 7.47. The predicted octanol–water partition coefficient (Wildman–Crippen LogP) is 10.9. The summed E-state index contributed by atoms with van der Waals surface area (Å²) < 4.78 is 22.2. The Morgan fingerprint density at radius 3 is 1.46 bits per heavy atom. The number of alkyl halides is 1. The first kappa shape index (κ1) is 37.6. The zero-order valence-electron chi connectivity index (χ0n) is 24.5. The van der Waals surface area contributed by atoms with Gasteiger partial charge in [-0.3, -0.25) is 9.05 Å². The molecule has 0 heterocycles. The highest BCUT2D eigenvalue weighted by Crippen LogP contribution is 2.44. The van der Waals surface area contributed by atoms with E-state index in [-0.39, 0.29) is 0 Å². The monoisotopic (exact) mass is 540 g/mol. The summed E-state index contributed by atoms with van der Waals surface area (Å²) in [6.07, 6.45) is 19.0. The molecule has 6 heteroatoms. The molecule has 0 spiro atoms. The zero-order chi connectivity index (χ0) is 27.0. The molecule has 214 valence electrons. The number of phosphoric acid groups is 1. The Balaban J connectivity index is 0. The Hall–Kier alpha value is 0.400. The lowest BCUT2D eigenvalue weighted by Gasteiger charge is -2.20. The van der Waals surface area contributed by atoms with Gasteiger partial charge in [0, 0.05) is 5.38 Å². The van der Waals surface area contributed by atoms with Crippen molar-refractivity contribution in [1.29, 1.82) is 0 Å². The van der Waals surface area contributed by atoms with Crippen molar-refractivity contribution >= 4 is 19.4 Å². The summed E-state index contributed by atoms with van der Waals surface area (Å²) in [6, 6.07) is 0. The van der Waals surface area contributed by atoms with Gasteiger partial charge in [0.15, 0.2) is 0 Å². The van der Waals surface area contributed by atoms with E-state index in [0.29, 0.717) is 30.4 Å². The fraction of sp³-hybridized carbons (Fsp3) is 1.00. The second kappa shape index (κ2) is 26.0. The van der Waals surface area contributed by atoms with E-state index in [4.69, 9.17) is 20.6 Å². The second-order valence-electron chi connectivity index (χ2n) is 10.7. The number of unbranched alkanes of at least 4 members (excludes halogenated alkanes) is 5. The molecule has 0 aromatic rings. The van der Waals surface area contributed by atoms with Crippen LogP contribution in [0.4, 0.5) is 0 Å². The van der Waals surface area contributed by atoms with Crippen molar-refractivity contribution in [2.24, 2.45) is 17.8 Å². The molecule has 3 atom stereocenters. The zero-order valence-corrected chi connectivity index (χ0v) is 26.2. The summed E-state index contributed by atoms with van der Waals surface area (Å²) in [5, 5.41) is 0.439. The van der Waals surface area contributed by atoms with Crippen molar-refractivity contribution in [2.45, 2.75) is 157 Å². The Labute approximate surface area is 225 Å². The van der Waals surface area contributed by atoms with Crippen LogP contribution in [0, 0.1) is 17.8 Å². The van der Waals surface area contributed by atoms with Gasteiger partial charge in [-0.25, -0.2) is 4.57 Å². The van der Waals surface area contributed by atoms with Crippen LogP contribution in [-0.4, -0.2) is 23.5 Å². The molecule has 0 bridgehead atoms. The molecule has 0 aliphatic heterocycles. The minimum absolute atomic E-state index is 0.316. The molecular formula is C29H62ClO4P. The maximum absolute atomic E-state index is 11.9. The van der Waals surface area contributed by atoms with Gasteiger partial charge in [-0.2, -0.15) is 0 Å². The lowest BCUT2D eigenvalue weighted by atomic mass is 10.0. The first-order chi connectivity index (χ1) is 16.6. The third-order valence-electron chi connectivity index (χ3n) is 6.70. The topological polar surface area (TPSA) is 55.8 Å². The van der Waals surface area contributed by atoms with Crippen LogP contribution in [-0.2, 0) is 13.6 Å². The van der Waals surface area contributed by atoms with Crippen LogP contribution in [0.15, 0.2) is 0 Å². The highest BCUT2D eigenvalue weighted by Gasteiger charge is 2.24. The van der Waals surface area contributed by atoms with E-state index in [1.165, 1.54) is 51.4 Å². The van der Waals surface area contributed by atoms with Crippen LogP contribution in [0.3, 0.4) is 0 Å². The molecule has 0 aliphatic carbocycles. The van der Waals surface area contributed by atoms with Crippen molar-refractivity contribution in [3.8, 4) is 0 Å². The average Bonchev–Trinajstić information content (AvgIpc) is 2.83. The van der Waals surface area contributed by atoms with Crippen molar-refractivity contribution < 1.29 is 18.5 Å². The van der Waals surface area contributed by atoms with Crippen LogP contribution in [0.25, 0.3) is 0 Å². The molecule has 0 aromatic carbocycles. The van der Waals surface area contributed by atoms with Gasteiger partial charge >= 0.3 is 7.82 Å². The van der Waals surface area contributed by atoms with Crippen molar-refractivity contribution in [3.63, 3.8) is 0 Å². The van der Waals surface area contributed by atoms with E-state index in [0.717, 1.165) is 57.3 Å². The maximum Gasteiger partial charge on any atom is 0.472 e. The minimum atomic E-state index is -3.89. The molecule has 0 amide bonds. The standard InChI is InChI=1S/C16H35O4P.C13H27Cl/c1-5-9-11-15(7-3)13-19-21(17,18)20-14-16(8-4)12-10-6-2;1-4-5-10-13(14)11-8-6-7-9-12(2)3/h15-16H,5-14H2,1-4H3,(H,17,18);12-13H,4-11H2,1-3H3. The SMILES string of the molecule is CCCCC(CC)COP(=O)(O)OCC(CC)CCCC.CCCCC(Cl)CCCCCC(C)C. The van der Waals surface area contributed by atoms with Crippen LogP contribution in [0.1, 0.15) is 151 Å². The Bertz CT molecular complexity index is 452. The molecule has 4 nitrogen and oxygen atoms in total. The van der Waals surface area contributed by atoms with Gasteiger partial charge in [-0.1, -0.05) is 126 Å². The van der Waals surface area contributed by atoms with Gasteiger partial charge in [0.25, 0.3) is 0 Å². The highest BCUT2D eigenvalue weighted by atomic mass is 35.5. The van der Waals surface area contributed by atoms with E-state index < -0.39 is 7.82 Å². The lowest BCUT2D eigenvalue weighted by Crippen LogP contribution is -2.12. The summed E-state index contributed by atoms with van der Waals surface area (Å²) in [4.78, 5) is 9.77. The van der Waals surface area contributed by atoms with Crippen molar-refractivity contribution in [3.05, 3.63) is 0 Å². The minimum Gasteiger partial charge on any atom is -0.302 e. The fourth-order valence-electron chi connectivity index (χ4n) is 3.90. The van der Waals surface area contributed by atoms with Crippen LogP contribution < -0.4 is 0 Å². The Kier molecular flexibility index (Phi) is 27.9. The molecule has 0 saturated heterocycles. The summed E-state index contributed by atoms with van der Waals surface area (Å²) in [7, 11) is -3.89. The number of hydrogen-bond acceptors (Lipinski definition) is 3. The number of hydrogen-bond donors (Lipinski definition) is 1. The molecule has 0 aliphatic rings. The van der Waals surface area contributed by atoms with Gasteiger partial charge in [-0.05, 0) is 43.4 Å². The van der Waals surface area contributed by atoms with Gasteiger partial charge in [-0.15, -0.1) is 11.6 Å². The molecule has 1 N–H and O–H groups in total. The predicted molar refractivity (Wildman–Crippen MR) is 155 cm³/mol. The first-order valence-corrected chi connectivity index (χ1v) is 16.8. The Morgan fingerprint density at radius 1 is 0.657 bits per heavy atom. The largest absolute Gasteiger partial charge is 0.472 e. The van der Waals surface area contributed by atoms with E-state index in [2.05, 4.69) is 48.5 Å². The molecule has 0 aromatic heterocycles. The maximum atomic E-state index is 11.9. The molecule has 0 saturated carbocycles. The third kappa shape index (κ3) is 27.3. The van der Waals surface area contributed by atoms with E-state index >= 15 is 0 Å². The van der Waals surface area contributed by atoms with Crippen LogP contribution in [0.2, 0.25) is 0 Å². The molecule has 3 unspecified atom stereocenters. The molecular weight excluding hydrogens is 479 g/mol. The third-order valence-corrected chi connectivity index (χ3v) is 8.09. The smallest absolute Gasteiger partial charge is 0.302 e. The van der Waals surface area contributed by atoms with Crippen LogP contribution >= 0.6 is 19.4 Å². The quantitative estimate of drug-likeness (QED) is 0.0795. The van der Waals surface area contributed by atoms with Gasteiger partial charge < -0.3 is 4.89 Å². The van der Waals surface area contributed by atoms with Gasteiger partial charge in [0.1, 0.15) is 0 Å². The summed E-state index contributed by atoms with van der Waals surface area (Å²) in [6.45, 7) is 15.9. The normalized spacial score (nSPS) is 15.8. The number of halogens is 1. The van der Waals surface area contributed by atoms with E-state index in [1.54, 1.807) is 0 Å². The van der Waals surface area contributed by atoms with Crippen molar-refractivity contribution in [1.82, 2.24) is 0 Å². The number of rotatable bonds is 23. The second-order valence-corrected chi connectivity index (χ2v) is 12.7. The summed E-state index contributed by atoms with van der Waals surface area (Å²) >= 11 is 6.20. The summed E-state index contributed by atoms with van der Waals surface area (Å²) in [5.41, 5.74) is 0. The molecule has 0 radical (unpaired) electrons. The first-order valence-electron chi connectivity index (χ1n) is 14.9. The Morgan fingerprint density at radius 2 is 1.06 bits per heavy atom. The van der Waals surface area contributed by atoms with E-state index in [1.807, 2.05) is 0 Å². The molecule has 35 heavy (non-hydrogen) atoms. The average molecular weight is 541 g/mol.